The minimum atomic E-state index is -0.0806. The molecule has 1 unspecified atom stereocenters. The number of benzene rings is 2. The van der Waals surface area contributed by atoms with E-state index in [1.807, 2.05) is 24.3 Å². The summed E-state index contributed by atoms with van der Waals surface area (Å²) in [5.74, 6) is 1.43. The van der Waals surface area contributed by atoms with E-state index >= 15 is 0 Å². The third kappa shape index (κ3) is 3.67. The summed E-state index contributed by atoms with van der Waals surface area (Å²) in [6.45, 7) is 9.88. The van der Waals surface area contributed by atoms with E-state index in [2.05, 4.69) is 42.8 Å². The zero-order valence-corrected chi connectivity index (χ0v) is 16.4. The Balaban J connectivity index is 1.75. The number of aromatic nitrogens is 2. The molecule has 3 aromatic rings. The zero-order chi connectivity index (χ0) is 19.0. The van der Waals surface area contributed by atoms with Crippen LogP contribution < -0.4 is 5.56 Å². The van der Waals surface area contributed by atoms with Gasteiger partial charge in [0.2, 0.25) is 0 Å². The Labute approximate surface area is 160 Å². The summed E-state index contributed by atoms with van der Waals surface area (Å²) in [5, 5.41) is 0.633. The summed E-state index contributed by atoms with van der Waals surface area (Å²) in [6, 6.07) is 11.9. The van der Waals surface area contributed by atoms with Gasteiger partial charge >= 0.3 is 0 Å². The van der Waals surface area contributed by atoms with E-state index in [1.165, 1.54) is 29.5 Å². The van der Waals surface area contributed by atoms with Gasteiger partial charge in [0.1, 0.15) is 5.82 Å². The molecule has 1 fully saturated rings. The van der Waals surface area contributed by atoms with Crippen LogP contribution in [0.25, 0.3) is 22.3 Å². The fourth-order valence-electron chi connectivity index (χ4n) is 4.23. The lowest BCUT2D eigenvalue weighted by atomic mass is 9.96. The van der Waals surface area contributed by atoms with Gasteiger partial charge < -0.3 is 4.98 Å². The van der Waals surface area contributed by atoms with Crippen LogP contribution in [0.3, 0.4) is 0 Å². The molecule has 0 bridgehead atoms. The first-order valence-electron chi connectivity index (χ1n) is 9.83. The average molecular weight is 361 g/mol. The smallest absolute Gasteiger partial charge is 0.259 e. The fourth-order valence-corrected chi connectivity index (χ4v) is 4.23. The lowest BCUT2D eigenvalue weighted by molar-refractivity contribution is 0.176. The van der Waals surface area contributed by atoms with Crippen molar-refractivity contribution in [3.05, 3.63) is 63.4 Å². The standard InChI is InChI=1S/C23H27N3O/c1-15-7-6-10-26(13-15)14-18-11-16(2)12-20(17(18)3)22-24-21-9-5-4-8-19(21)23(27)25-22/h4-5,8-9,11-12,15H,6-7,10,13-14H2,1-3H3,(H,24,25,27). The maximum Gasteiger partial charge on any atom is 0.259 e. The van der Waals surface area contributed by atoms with Crippen molar-refractivity contribution in [1.29, 1.82) is 0 Å². The Morgan fingerprint density at radius 3 is 2.85 bits per heavy atom. The van der Waals surface area contributed by atoms with Crippen molar-refractivity contribution >= 4 is 10.9 Å². The number of aryl methyl sites for hydroxylation is 1. The van der Waals surface area contributed by atoms with Gasteiger partial charge in [0.05, 0.1) is 10.9 Å². The normalized spacial score (nSPS) is 18.1. The van der Waals surface area contributed by atoms with Crippen molar-refractivity contribution in [3.63, 3.8) is 0 Å². The molecule has 1 saturated heterocycles. The lowest BCUT2D eigenvalue weighted by Gasteiger charge is -2.31. The Kier molecular flexibility index (Phi) is 4.83. The molecular weight excluding hydrogens is 334 g/mol. The molecule has 140 valence electrons. The number of likely N-dealkylation sites (tertiary alicyclic amines) is 1. The van der Waals surface area contributed by atoms with Crippen molar-refractivity contribution in [3.8, 4) is 11.4 Å². The first-order chi connectivity index (χ1) is 13.0. The van der Waals surface area contributed by atoms with Crippen molar-refractivity contribution in [2.45, 2.75) is 40.2 Å². The number of rotatable bonds is 3. The number of H-pyrrole nitrogens is 1. The van der Waals surface area contributed by atoms with Gasteiger partial charge in [-0.05, 0) is 68.5 Å². The van der Waals surface area contributed by atoms with Crippen LogP contribution in [0.1, 0.15) is 36.5 Å². The number of nitrogens with one attached hydrogen (secondary N) is 1. The largest absolute Gasteiger partial charge is 0.306 e. The molecule has 2 heterocycles. The van der Waals surface area contributed by atoms with Crippen LogP contribution >= 0.6 is 0 Å². The van der Waals surface area contributed by atoms with Crippen molar-refractivity contribution in [1.82, 2.24) is 14.9 Å². The van der Waals surface area contributed by atoms with Gasteiger partial charge in [-0.2, -0.15) is 0 Å². The second-order valence-electron chi connectivity index (χ2n) is 8.01. The molecule has 0 radical (unpaired) electrons. The van der Waals surface area contributed by atoms with Crippen molar-refractivity contribution < 1.29 is 0 Å². The number of hydrogen-bond acceptors (Lipinski definition) is 3. The van der Waals surface area contributed by atoms with Crippen LogP contribution in [-0.4, -0.2) is 28.0 Å². The maximum absolute atomic E-state index is 12.5. The van der Waals surface area contributed by atoms with Crippen LogP contribution in [0.2, 0.25) is 0 Å². The van der Waals surface area contributed by atoms with Gasteiger partial charge in [-0.25, -0.2) is 4.98 Å². The third-order valence-electron chi connectivity index (χ3n) is 5.66. The average Bonchev–Trinajstić information content (AvgIpc) is 2.64. The molecule has 4 nitrogen and oxygen atoms in total. The Bertz CT molecular complexity index is 1040. The summed E-state index contributed by atoms with van der Waals surface area (Å²) in [4.78, 5) is 22.8. The lowest BCUT2D eigenvalue weighted by Crippen LogP contribution is -2.34. The van der Waals surface area contributed by atoms with Crippen LogP contribution in [-0.2, 0) is 6.54 Å². The van der Waals surface area contributed by atoms with Crippen LogP contribution in [0.15, 0.2) is 41.2 Å². The van der Waals surface area contributed by atoms with Gasteiger partial charge in [-0.1, -0.05) is 30.7 Å². The van der Waals surface area contributed by atoms with Crippen molar-refractivity contribution in [2.75, 3.05) is 13.1 Å². The summed E-state index contributed by atoms with van der Waals surface area (Å²) >= 11 is 0. The van der Waals surface area contributed by atoms with E-state index in [0.717, 1.165) is 36.6 Å². The van der Waals surface area contributed by atoms with E-state index in [0.29, 0.717) is 11.2 Å². The molecular formula is C23H27N3O. The summed E-state index contributed by atoms with van der Waals surface area (Å²) in [7, 11) is 0. The summed E-state index contributed by atoms with van der Waals surface area (Å²) in [6.07, 6.45) is 2.61. The predicted octanol–water partition coefficient (Wildman–Crippen LogP) is 4.44. The molecule has 1 aliphatic heterocycles. The van der Waals surface area contributed by atoms with Crippen LogP contribution in [0.4, 0.5) is 0 Å². The third-order valence-corrected chi connectivity index (χ3v) is 5.66. The highest BCUT2D eigenvalue weighted by molar-refractivity contribution is 5.79. The number of piperidine rings is 1. The topological polar surface area (TPSA) is 49.0 Å². The predicted molar refractivity (Wildman–Crippen MR) is 111 cm³/mol. The van der Waals surface area contributed by atoms with Crippen LogP contribution in [0.5, 0.6) is 0 Å². The number of para-hydroxylation sites is 1. The summed E-state index contributed by atoms with van der Waals surface area (Å²) < 4.78 is 0. The van der Waals surface area contributed by atoms with E-state index in [1.54, 1.807) is 0 Å². The van der Waals surface area contributed by atoms with E-state index in [9.17, 15) is 4.79 Å². The van der Waals surface area contributed by atoms with E-state index in [-0.39, 0.29) is 5.56 Å². The van der Waals surface area contributed by atoms with Gasteiger partial charge in [0, 0.05) is 18.7 Å². The van der Waals surface area contributed by atoms with E-state index < -0.39 is 0 Å². The molecule has 27 heavy (non-hydrogen) atoms. The fraction of sp³-hybridized carbons (Fsp3) is 0.391. The molecule has 4 heteroatoms. The Morgan fingerprint density at radius 1 is 1.22 bits per heavy atom. The number of hydrogen-bond donors (Lipinski definition) is 1. The highest BCUT2D eigenvalue weighted by Gasteiger charge is 2.18. The van der Waals surface area contributed by atoms with E-state index in [4.69, 9.17) is 4.98 Å². The molecule has 1 aliphatic rings. The second kappa shape index (κ2) is 7.28. The summed E-state index contributed by atoms with van der Waals surface area (Å²) in [5.41, 5.74) is 5.42. The zero-order valence-electron chi connectivity index (χ0n) is 16.4. The molecule has 1 atom stereocenters. The highest BCUT2D eigenvalue weighted by atomic mass is 16.1. The van der Waals surface area contributed by atoms with Crippen molar-refractivity contribution in [2.24, 2.45) is 5.92 Å². The first kappa shape index (κ1) is 17.9. The minimum Gasteiger partial charge on any atom is -0.306 e. The van der Waals surface area contributed by atoms with Gasteiger partial charge in [0.25, 0.3) is 5.56 Å². The molecule has 2 aromatic carbocycles. The molecule has 0 spiro atoms. The quantitative estimate of drug-likeness (QED) is 0.750. The Hall–Kier alpha value is -2.46. The Morgan fingerprint density at radius 2 is 2.04 bits per heavy atom. The molecule has 0 amide bonds. The minimum absolute atomic E-state index is 0.0806. The highest BCUT2D eigenvalue weighted by Crippen LogP contribution is 2.27. The number of aromatic amines is 1. The van der Waals surface area contributed by atoms with Gasteiger partial charge in [-0.15, -0.1) is 0 Å². The molecule has 0 saturated carbocycles. The SMILES string of the molecule is Cc1cc(CN2CCCC(C)C2)c(C)c(-c2nc3ccccc3c(=O)[nH]2)c1. The first-order valence-corrected chi connectivity index (χ1v) is 9.83. The van der Waals surface area contributed by atoms with Gasteiger partial charge in [0.15, 0.2) is 0 Å². The molecule has 0 aliphatic carbocycles. The maximum atomic E-state index is 12.5. The molecule has 4 rings (SSSR count). The monoisotopic (exact) mass is 361 g/mol. The second-order valence-corrected chi connectivity index (χ2v) is 8.01. The number of nitrogens with zero attached hydrogens (tertiary/aromatic N) is 2. The van der Waals surface area contributed by atoms with Gasteiger partial charge in [-0.3, -0.25) is 9.69 Å². The molecule has 1 N–H and O–H groups in total. The van der Waals surface area contributed by atoms with Crippen LogP contribution in [0, 0.1) is 19.8 Å². The molecule has 1 aromatic heterocycles. The number of fused-ring (bicyclic) bond motifs is 1.